The molecule has 7 nitrogen and oxygen atoms in total. The van der Waals surface area contributed by atoms with Crippen LogP contribution >= 0.6 is 15.6 Å². The first-order valence-corrected chi connectivity index (χ1v) is 8.78. The quantitative estimate of drug-likeness (QED) is 0.466. The molecule has 0 heterocycles. The van der Waals surface area contributed by atoms with E-state index in [1.807, 2.05) is 6.92 Å². The average Bonchev–Trinajstić information content (AvgIpc) is 2.97. The van der Waals surface area contributed by atoms with E-state index in [1.165, 1.54) is 18.4 Å². The zero-order chi connectivity index (χ0) is 14.5. The van der Waals surface area contributed by atoms with Crippen LogP contribution in [0.15, 0.2) is 23.3 Å². The molecule has 1 aliphatic carbocycles. The van der Waals surface area contributed by atoms with Crippen LogP contribution in [0.2, 0.25) is 0 Å². The van der Waals surface area contributed by atoms with E-state index >= 15 is 0 Å². The van der Waals surface area contributed by atoms with Crippen LogP contribution in [0.25, 0.3) is 0 Å². The van der Waals surface area contributed by atoms with Gasteiger partial charge in [-0.25, -0.2) is 9.13 Å². The summed E-state index contributed by atoms with van der Waals surface area (Å²) in [7, 11) is -9.76. The summed E-state index contributed by atoms with van der Waals surface area (Å²) < 4.78 is 29.6. The van der Waals surface area contributed by atoms with Crippen molar-refractivity contribution in [3.05, 3.63) is 23.3 Å². The van der Waals surface area contributed by atoms with Gasteiger partial charge in [0.15, 0.2) is 0 Å². The van der Waals surface area contributed by atoms with Gasteiger partial charge < -0.3 is 14.7 Å². The summed E-state index contributed by atoms with van der Waals surface area (Å²) in [5.74, 6) is 0. The Kier molecular flexibility index (Phi) is 6.15. The smallest absolute Gasteiger partial charge is 0.302 e. The SMILES string of the molecule is CC(=CCOP(=O)(O)OP(=O)(O)O)CCC=C1CC1. The van der Waals surface area contributed by atoms with Crippen molar-refractivity contribution in [1.29, 1.82) is 0 Å². The monoisotopic (exact) mass is 312 g/mol. The third-order valence-electron chi connectivity index (χ3n) is 2.39. The third-order valence-corrected chi connectivity index (χ3v) is 4.54. The highest BCUT2D eigenvalue weighted by Crippen LogP contribution is 2.57. The van der Waals surface area contributed by atoms with Gasteiger partial charge in [-0.3, -0.25) is 4.52 Å². The van der Waals surface area contributed by atoms with Gasteiger partial charge in [0.25, 0.3) is 0 Å². The van der Waals surface area contributed by atoms with E-state index in [1.54, 1.807) is 6.08 Å². The minimum absolute atomic E-state index is 0.240. The lowest BCUT2D eigenvalue weighted by atomic mass is 10.1. The Labute approximate surface area is 111 Å². The Hall–Kier alpha value is -0.260. The number of allylic oxidation sites excluding steroid dienone is 3. The average molecular weight is 312 g/mol. The second-order valence-electron chi connectivity index (χ2n) is 4.29. The van der Waals surface area contributed by atoms with Crippen molar-refractivity contribution in [1.82, 2.24) is 0 Å². The molecule has 1 aliphatic rings. The first kappa shape index (κ1) is 16.8. The molecular weight excluding hydrogens is 294 g/mol. The van der Waals surface area contributed by atoms with Crippen molar-refractivity contribution < 1.29 is 32.6 Å². The molecule has 0 spiro atoms. The van der Waals surface area contributed by atoms with Gasteiger partial charge in [-0.05, 0) is 32.6 Å². The van der Waals surface area contributed by atoms with Gasteiger partial charge in [-0.15, -0.1) is 0 Å². The van der Waals surface area contributed by atoms with E-state index < -0.39 is 15.6 Å². The Morgan fingerprint density at radius 3 is 2.47 bits per heavy atom. The van der Waals surface area contributed by atoms with Crippen LogP contribution in [-0.2, 0) is 18.0 Å². The molecule has 9 heteroatoms. The van der Waals surface area contributed by atoms with Gasteiger partial charge in [0, 0.05) is 0 Å². The molecule has 0 saturated heterocycles. The fourth-order valence-electron chi connectivity index (χ4n) is 1.31. The van der Waals surface area contributed by atoms with Gasteiger partial charge >= 0.3 is 15.6 Å². The number of rotatable bonds is 8. The zero-order valence-electron chi connectivity index (χ0n) is 10.6. The van der Waals surface area contributed by atoms with Crippen molar-refractivity contribution >= 4 is 15.6 Å². The molecule has 3 N–H and O–H groups in total. The third kappa shape index (κ3) is 9.30. The summed E-state index contributed by atoms with van der Waals surface area (Å²) in [5, 5.41) is 0. The number of hydrogen-bond acceptors (Lipinski definition) is 4. The van der Waals surface area contributed by atoms with Crippen LogP contribution in [0.4, 0.5) is 0 Å². The Morgan fingerprint density at radius 1 is 1.32 bits per heavy atom. The molecule has 0 aromatic carbocycles. The predicted octanol–water partition coefficient (Wildman–Crippen LogP) is 2.66. The molecule has 110 valence electrons. The fraction of sp³-hybridized carbons (Fsp3) is 0.600. The van der Waals surface area contributed by atoms with Crippen LogP contribution < -0.4 is 0 Å². The van der Waals surface area contributed by atoms with E-state index in [0.29, 0.717) is 0 Å². The lowest BCUT2D eigenvalue weighted by Crippen LogP contribution is -1.94. The van der Waals surface area contributed by atoms with E-state index in [0.717, 1.165) is 18.4 Å². The summed E-state index contributed by atoms with van der Waals surface area (Å²) in [6, 6.07) is 0. The van der Waals surface area contributed by atoms with Crippen LogP contribution in [0, 0.1) is 0 Å². The highest BCUT2D eigenvalue weighted by Gasteiger charge is 2.31. The van der Waals surface area contributed by atoms with E-state index in [-0.39, 0.29) is 6.61 Å². The molecular formula is C10H18O7P2. The Bertz CT molecular complexity index is 456. The number of hydrogen-bond donors (Lipinski definition) is 3. The van der Waals surface area contributed by atoms with Gasteiger partial charge in [0.1, 0.15) is 0 Å². The molecule has 0 radical (unpaired) electrons. The maximum Gasteiger partial charge on any atom is 0.481 e. The van der Waals surface area contributed by atoms with Crippen LogP contribution in [-0.4, -0.2) is 21.3 Å². The van der Waals surface area contributed by atoms with Crippen LogP contribution in [0.1, 0.15) is 32.6 Å². The second kappa shape index (κ2) is 6.95. The predicted molar refractivity (Wildman–Crippen MR) is 69.2 cm³/mol. The topological polar surface area (TPSA) is 113 Å². The molecule has 1 atom stereocenters. The molecule has 0 aromatic heterocycles. The van der Waals surface area contributed by atoms with Crippen LogP contribution in [0.5, 0.6) is 0 Å². The largest absolute Gasteiger partial charge is 0.481 e. The highest BCUT2D eigenvalue weighted by molar-refractivity contribution is 7.60. The van der Waals surface area contributed by atoms with Gasteiger partial charge in [0.05, 0.1) is 6.61 Å². The van der Waals surface area contributed by atoms with Crippen molar-refractivity contribution in [3.8, 4) is 0 Å². The first-order chi connectivity index (χ1) is 8.68. The Morgan fingerprint density at radius 2 is 1.95 bits per heavy atom. The van der Waals surface area contributed by atoms with Gasteiger partial charge in [-0.2, -0.15) is 4.31 Å². The molecule has 19 heavy (non-hydrogen) atoms. The second-order valence-corrected chi connectivity index (χ2v) is 7.12. The van der Waals surface area contributed by atoms with E-state index in [4.69, 9.17) is 14.7 Å². The molecule has 1 saturated carbocycles. The summed E-state index contributed by atoms with van der Waals surface area (Å²) in [5.41, 5.74) is 2.42. The maximum absolute atomic E-state index is 11.1. The lowest BCUT2D eigenvalue weighted by molar-refractivity contribution is 0.191. The molecule has 1 rings (SSSR count). The maximum atomic E-state index is 11.1. The summed E-state index contributed by atoms with van der Waals surface area (Å²) >= 11 is 0. The van der Waals surface area contributed by atoms with E-state index in [2.05, 4.69) is 14.9 Å². The molecule has 0 amide bonds. The first-order valence-electron chi connectivity index (χ1n) is 5.76. The summed E-state index contributed by atoms with van der Waals surface area (Å²) in [4.78, 5) is 25.8. The molecule has 0 bridgehead atoms. The minimum atomic E-state index is -5.04. The minimum Gasteiger partial charge on any atom is -0.302 e. The lowest BCUT2D eigenvalue weighted by Gasteiger charge is -2.11. The number of phosphoric ester groups is 1. The normalized spacial score (nSPS) is 19.2. The molecule has 0 aromatic rings. The van der Waals surface area contributed by atoms with Gasteiger partial charge in [-0.1, -0.05) is 23.3 Å². The summed E-state index contributed by atoms with van der Waals surface area (Å²) in [6.07, 6.45) is 7.83. The van der Waals surface area contributed by atoms with Crippen molar-refractivity contribution in [2.24, 2.45) is 0 Å². The van der Waals surface area contributed by atoms with Crippen molar-refractivity contribution in [2.75, 3.05) is 6.61 Å². The molecule has 0 aliphatic heterocycles. The van der Waals surface area contributed by atoms with E-state index in [9.17, 15) is 9.13 Å². The number of phosphoric acid groups is 2. The fourth-order valence-corrected chi connectivity index (χ4v) is 2.84. The van der Waals surface area contributed by atoms with Crippen molar-refractivity contribution in [3.63, 3.8) is 0 Å². The Balaban J connectivity index is 2.28. The van der Waals surface area contributed by atoms with Crippen LogP contribution in [0.3, 0.4) is 0 Å². The summed E-state index contributed by atoms with van der Waals surface area (Å²) in [6.45, 7) is 1.61. The van der Waals surface area contributed by atoms with Gasteiger partial charge in [0.2, 0.25) is 0 Å². The highest BCUT2D eigenvalue weighted by atomic mass is 31.3. The molecule has 1 unspecified atom stereocenters. The standard InChI is InChI=1S/C10H18O7P2/c1-9(3-2-4-10-5-6-10)7-8-16-19(14,15)17-18(11,12)13/h4,7H,2-3,5-6,8H2,1H3,(H,14,15)(H2,11,12,13). The zero-order valence-corrected chi connectivity index (χ0v) is 12.3. The molecule has 1 fully saturated rings. The van der Waals surface area contributed by atoms with Crippen molar-refractivity contribution in [2.45, 2.75) is 32.6 Å².